The van der Waals surface area contributed by atoms with Crippen molar-refractivity contribution in [2.75, 3.05) is 19.0 Å². The zero-order chi connectivity index (χ0) is 17.8. The van der Waals surface area contributed by atoms with Gasteiger partial charge in [0.05, 0.1) is 25.0 Å². The molecule has 1 heterocycles. The van der Waals surface area contributed by atoms with Crippen LogP contribution in [0.15, 0.2) is 52.9 Å². The molecule has 0 unspecified atom stereocenters. The van der Waals surface area contributed by atoms with E-state index in [1.807, 2.05) is 12.1 Å². The Bertz CT molecular complexity index is 928. The molecule has 0 spiro atoms. The zero-order valence-electron chi connectivity index (χ0n) is 13.9. The second kappa shape index (κ2) is 7.09. The summed E-state index contributed by atoms with van der Waals surface area (Å²) >= 11 is 0. The summed E-state index contributed by atoms with van der Waals surface area (Å²) in [7, 11) is 1.53. The molecule has 0 radical (unpaired) electrons. The van der Waals surface area contributed by atoms with Gasteiger partial charge in [0.2, 0.25) is 0 Å². The van der Waals surface area contributed by atoms with Crippen molar-refractivity contribution >= 4 is 28.5 Å². The molecule has 0 saturated heterocycles. The molecule has 6 heteroatoms. The first-order valence-corrected chi connectivity index (χ1v) is 7.78. The number of carbonyl (C=O) groups is 2. The monoisotopic (exact) mass is 339 g/mol. The number of para-hydroxylation sites is 2. The summed E-state index contributed by atoms with van der Waals surface area (Å²) in [6.07, 6.45) is 0. The van der Waals surface area contributed by atoms with Gasteiger partial charge in [-0.1, -0.05) is 24.3 Å². The van der Waals surface area contributed by atoms with Crippen LogP contribution in [0.3, 0.4) is 0 Å². The number of amides is 1. The van der Waals surface area contributed by atoms with Crippen LogP contribution < -0.4 is 10.1 Å². The minimum absolute atomic E-state index is 0.123. The summed E-state index contributed by atoms with van der Waals surface area (Å²) in [6.45, 7) is 1.98. The molecule has 6 nitrogen and oxygen atoms in total. The molecular weight excluding hydrogens is 322 g/mol. The van der Waals surface area contributed by atoms with Gasteiger partial charge in [-0.2, -0.15) is 0 Å². The minimum atomic E-state index is -0.496. The van der Waals surface area contributed by atoms with Gasteiger partial charge in [0.15, 0.2) is 17.1 Å². The largest absolute Gasteiger partial charge is 0.493 e. The number of fused-ring (bicyclic) bond motifs is 1. The standard InChI is InChI=1S/C19H17NO5/c1-3-24-19(22)13-8-4-5-9-14(13)20-18(21)16-11-12-7-6-10-15(23-2)17(12)25-16/h4-11H,3H2,1-2H3,(H,20,21). The van der Waals surface area contributed by atoms with E-state index in [0.717, 1.165) is 5.39 Å². The van der Waals surface area contributed by atoms with Crippen LogP contribution in [0.5, 0.6) is 5.75 Å². The van der Waals surface area contributed by atoms with Gasteiger partial charge in [-0.05, 0) is 31.2 Å². The van der Waals surface area contributed by atoms with Gasteiger partial charge < -0.3 is 19.2 Å². The summed E-state index contributed by atoms with van der Waals surface area (Å²) in [6, 6.07) is 13.7. The van der Waals surface area contributed by atoms with Crippen LogP contribution in [0.1, 0.15) is 27.8 Å². The number of furan rings is 1. The number of rotatable bonds is 5. The van der Waals surface area contributed by atoms with Gasteiger partial charge in [-0.25, -0.2) is 4.79 Å². The lowest BCUT2D eigenvalue weighted by Gasteiger charge is -2.09. The molecule has 2 aromatic carbocycles. The third kappa shape index (κ3) is 3.33. The lowest BCUT2D eigenvalue weighted by atomic mass is 10.1. The third-order valence-corrected chi connectivity index (χ3v) is 3.62. The number of hydrogen-bond acceptors (Lipinski definition) is 5. The molecule has 0 atom stereocenters. The van der Waals surface area contributed by atoms with Crippen LogP contribution >= 0.6 is 0 Å². The highest BCUT2D eigenvalue weighted by Crippen LogP contribution is 2.29. The van der Waals surface area contributed by atoms with Crippen molar-refractivity contribution in [3.05, 3.63) is 59.9 Å². The molecule has 0 aliphatic heterocycles. The quantitative estimate of drug-likeness (QED) is 0.714. The van der Waals surface area contributed by atoms with Crippen molar-refractivity contribution in [3.8, 4) is 5.75 Å². The second-order valence-electron chi connectivity index (χ2n) is 5.21. The molecule has 1 aromatic heterocycles. The van der Waals surface area contributed by atoms with Crippen molar-refractivity contribution in [1.29, 1.82) is 0 Å². The number of esters is 1. The number of ether oxygens (including phenoxy) is 2. The molecule has 0 saturated carbocycles. The van der Waals surface area contributed by atoms with Crippen LogP contribution in [0.4, 0.5) is 5.69 Å². The molecule has 0 bridgehead atoms. The van der Waals surface area contributed by atoms with Crippen molar-refractivity contribution < 1.29 is 23.5 Å². The van der Waals surface area contributed by atoms with Gasteiger partial charge in [0.25, 0.3) is 5.91 Å². The van der Waals surface area contributed by atoms with Crippen LogP contribution in [-0.2, 0) is 4.74 Å². The van der Waals surface area contributed by atoms with Crippen molar-refractivity contribution in [1.82, 2.24) is 0 Å². The van der Waals surface area contributed by atoms with E-state index in [4.69, 9.17) is 13.9 Å². The van der Waals surface area contributed by atoms with Gasteiger partial charge in [-0.3, -0.25) is 4.79 Å². The number of nitrogens with one attached hydrogen (secondary N) is 1. The average Bonchev–Trinajstić information content (AvgIpc) is 3.06. The second-order valence-corrected chi connectivity index (χ2v) is 5.21. The highest BCUT2D eigenvalue weighted by Gasteiger charge is 2.18. The Morgan fingerprint density at radius 3 is 2.68 bits per heavy atom. The van der Waals surface area contributed by atoms with E-state index in [-0.39, 0.29) is 17.9 Å². The molecule has 3 aromatic rings. The number of anilines is 1. The molecule has 25 heavy (non-hydrogen) atoms. The molecule has 1 N–H and O–H groups in total. The fourth-order valence-electron chi connectivity index (χ4n) is 2.47. The fourth-order valence-corrected chi connectivity index (χ4v) is 2.47. The maximum absolute atomic E-state index is 12.5. The van der Waals surface area contributed by atoms with Crippen LogP contribution in [0.25, 0.3) is 11.0 Å². The highest BCUT2D eigenvalue weighted by atomic mass is 16.5. The first-order valence-electron chi connectivity index (χ1n) is 7.78. The highest BCUT2D eigenvalue weighted by molar-refractivity contribution is 6.08. The summed E-state index contributed by atoms with van der Waals surface area (Å²) in [5.74, 6) is -0.290. The molecular formula is C19H17NO5. The smallest absolute Gasteiger partial charge is 0.340 e. The van der Waals surface area contributed by atoms with Crippen molar-refractivity contribution in [2.45, 2.75) is 6.92 Å². The predicted molar refractivity (Wildman–Crippen MR) is 93.1 cm³/mol. The normalized spacial score (nSPS) is 10.5. The molecule has 0 aliphatic rings. The maximum atomic E-state index is 12.5. The van der Waals surface area contributed by atoms with Crippen LogP contribution in [0, 0.1) is 0 Å². The summed E-state index contributed by atoms with van der Waals surface area (Å²) in [4.78, 5) is 24.5. The SMILES string of the molecule is CCOC(=O)c1ccccc1NC(=O)c1cc2cccc(OC)c2o1. The lowest BCUT2D eigenvalue weighted by molar-refractivity contribution is 0.0527. The van der Waals surface area contributed by atoms with E-state index >= 15 is 0 Å². The molecule has 1 amide bonds. The Labute approximate surface area is 144 Å². The predicted octanol–water partition coefficient (Wildman–Crippen LogP) is 3.87. The van der Waals surface area contributed by atoms with Gasteiger partial charge >= 0.3 is 5.97 Å². The van der Waals surface area contributed by atoms with E-state index in [1.165, 1.54) is 7.11 Å². The zero-order valence-corrected chi connectivity index (χ0v) is 13.9. The van der Waals surface area contributed by atoms with Crippen LogP contribution in [-0.4, -0.2) is 25.6 Å². The number of carbonyl (C=O) groups excluding carboxylic acids is 2. The Hall–Kier alpha value is -3.28. The first-order chi connectivity index (χ1) is 12.1. The average molecular weight is 339 g/mol. The number of hydrogen-bond donors (Lipinski definition) is 1. The molecule has 0 fully saturated rings. The number of benzene rings is 2. The summed E-state index contributed by atoms with van der Waals surface area (Å²) in [5.41, 5.74) is 1.14. The Morgan fingerprint density at radius 2 is 1.92 bits per heavy atom. The molecule has 128 valence electrons. The van der Waals surface area contributed by atoms with E-state index in [1.54, 1.807) is 43.3 Å². The van der Waals surface area contributed by atoms with Crippen molar-refractivity contribution in [3.63, 3.8) is 0 Å². The summed E-state index contributed by atoms with van der Waals surface area (Å²) < 4.78 is 15.9. The van der Waals surface area contributed by atoms with Gasteiger partial charge in [0.1, 0.15) is 0 Å². The topological polar surface area (TPSA) is 77.8 Å². The minimum Gasteiger partial charge on any atom is -0.493 e. The van der Waals surface area contributed by atoms with E-state index in [2.05, 4.69) is 5.32 Å². The first kappa shape index (κ1) is 16.6. The van der Waals surface area contributed by atoms with Crippen LogP contribution in [0.2, 0.25) is 0 Å². The Balaban J connectivity index is 1.90. The van der Waals surface area contributed by atoms with E-state index in [9.17, 15) is 9.59 Å². The molecule has 3 rings (SSSR count). The Kier molecular flexibility index (Phi) is 4.70. The maximum Gasteiger partial charge on any atom is 0.340 e. The lowest BCUT2D eigenvalue weighted by Crippen LogP contribution is -2.15. The number of methoxy groups -OCH3 is 1. The van der Waals surface area contributed by atoms with Gasteiger partial charge in [-0.15, -0.1) is 0 Å². The van der Waals surface area contributed by atoms with Gasteiger partial charge in [0, 0.05) is 5.39 Å². The van der Waals surface area contributed by atoms with E-state index in [0.29, 0.717) is 17.0 Å². The third-order valence-electron chi connectivity index (χ3n) is 3.62. The van der Waals surface area contributed by atoms with Crippen molar-refractivity contribution in [2.24, 2.45) is 0 Å². The Morgan fingerprint density at radius 1 is 1.12 bits per heavy atom. The summed E-state index contributed by atoms with van der Waals surface area (Å²) in [5, 5.41) is 3.44. The molecule has 0 aliphatic carbocycles. The fraction of sp³-hybridized carbons (Fsp3) is 0.158. The van der Waals surface area contributed by atoms with E-state index < -0.39 is 11.9 Å².